The van der Waals surface area contributed by atoms with Gasteiger partial charge in [-0.2, -0.15) is 8.78 Å². The van der Waals surface area contributed by atoms with Gasteiger partial charge in [0.1, 0.15) is 6.29 Å². The number of hydrogen-bond donors (Lipinski definition) is 2. The van der Waals surface area contributed by atoms with Gasteiger partial charge in [0.15, 0.2) is 0 Å². The molecule has 1 aromatic rings. The predicted molar refractivity (Wildman–Crippen MR) is 47.8 cm³/mol. The quantitative estimate of drug-likeness (QED) is 0.619. The Morgan fingerprint density at radius 2 is 1.67 bits per heavy atom. The van der Waals surface area contributed by atoms with Gasteiger partial charge in [0.25, 0.3) is 0 Å². The molecule has 0 radical (unpaired) electrons. The summed E-state index contributed by atoms with van der Waals surface area (Å²) >= 11 is 0. The number of halogens is 2. The summed E-state index contributed by atoms with van der Waals surface area (Å²) in [5.41, 5.74) is -4.89. The van der Waals surface area contributed by atoms with Gasteiger partial charge in [-0.3, -0.25) is 9.36 Å². The summed E-state index contributed by atoms with van der Waals surface area (Å²) in [6.07, 6.45) is 0.444. The molecule has 0 atom stereocenters. The van der Waals surface area contributed by atoms with Crippen LogP contribution in [-0.2, 0) is 10.2 Å². The number of carbonyl (C=O) groups is 1. The smallest absolute Gasteiger partial charge is 0.320 e. The minimum atomic E-state index is -5.54. The van der Waals surface area contributed by atoms with E-state index in [1.54, 1.807) is 0 Å². The molecule has 0 aromatic heterocycles. The van der Waals surface area contributed by atoms with Crippen LogP contribution in [0.15, 0.2) is 24.3 Å². The third kappa shape index (κ3) is 2.28. The molecule has 0 saturated carbocycles. The third-order valence-corrected chi connectivity index (χ3v) is 2.75. The van der Waals surface area contributed by atoms with E-state index in [9.17, 15) is 18.1 Å². The minimum absolute atomic E-state index is 0.153. The second-order valence-electron chi connectivity index (χ2n) is 2.83. The fourth-order valence-electron chi connectivity index (χ4n) is 0.930. The van der Waals surface area contributed by atoms with E-state index in [0.29, 0.717) is 6.29 Å². The number of hydrogen-bond acceptors (Lipinski definition) is 2. The summed E-state index contributed by atoms with van der Waals surface area (Å²) in [4.78, 5) is 27.1. The van der Waals surface area contributed by atoms with Crippen molar-refractivity contribution in [1.82, 2.24) is 0 Å². The van der Waals surface area contributed by atoms with Gasteiger partial charge in [0.2, 0.25) is 0 Å². The van der Waals surface area contributed by atoms with Crippen molar-refractivity contribution in [3.8, 4) is 0 Å². The van der Waals surface area contributed by atoms with Gasteiger partial charge in [-0.05, 0) is 0 Å². The van der Waals surface area contributed by atoms with Crippen molar-refractivity contribution in [2.45, 2.75) is 5.66 Å². The second kappa shape index (κ2) is 3.81. The van der Waals surface area contributed by atoms with Crippen molar-refractivity contribution in [2.75, 3.05) is 0 Å². The van der Waals surface area contributed by atoms with Crippen molar-refractivity contribution in [3.63, 3.8) is 0 Å². The van der Waals surface area contributed by atoms with Crippen LogP contribution in [0.2, 0.25) is 0 Å². The van der Waals surface area contributed by atoms with E-state index >= 15 is 0 Å². The zero-order valence-corrected chi connectivity index (χ0v) is 8.20. The van der Waals surface area contributed by atoms with Gasteiger partial charge in [0, 0.05) is 11.1 Å². The molecular weight excluding hydrogens is 229 g/mol. The number of alkyl halides is 2. The van der Waals surface area contributed by atoms with Crippen LogP contribution in [0, 0.1) is 0 Å². The van der Waals surface area contributed by atoms with Crippen LogP contribution in [0.1, 0.15) is 15.9 Å². The maximum absolute atomic E-state index is 13.0. The highest BCUT2D eigenvalue weighted by atomic mass is 31.2. The van der Waals surface area contributed by atoms with Crippen molar-refractivity contribution in [1.29, 1.82) is 0 Å². The lowest BCUT2D eigenvalue weighted by Crippen LogP contribution is -2.13. The zero-order valence-electron chi connectivity index (χ0n) is 7.30. The Balaban J connectivity index is 3.17. The van der Waals surface area contributed by atoms with Gasteiger partial charge < -0.3 is 9.79 Å². The van der Waals surface area contributed by atoms with Crippen LogP contribution in [-0.4, -0.2) is 16.1 Å². The average Bonchev–Trinajstić information content (AvgIpc) is 2.16. The van der Waals surface area contributed by atoms with Crippen LogP contribution >= 0.6 is 7.60 Å². The van der Waals surface area contributed by atoms with Gasteiger partial charge in [-0.25, -0.2) is 0 Å². The molecule has 0 heterocycles. The lowest BCUT2D eigenvalue weighted by Gasteiger charge is -2.17. The Hall–Kier alpha value is -1.10. The summed E-state index contributed by atoms with van der Waals surface area (Å²) in [6.45, 7) is 0. The molecule has 0 saturated heterocycles. The summed E-state index contributed by atoms with van der Waals surface area (Å²) in [5.74, 6) is 0. The fraction of sp³-hybridized carbons (Fsp3) is 0.125. The highest BCUT2D eigenvalue weighted by molar-refractivity contribution is 7.52. The van der Waals surface area contributed by atoms with E-state index in [0.717, 1.165) is 24.3 Å². The first kappa shape index (κ1) is 12.0. The molecule has 0 fully saturated rings. The monoisotopic (exact) mass is 236 g/mol. The average molecular weight is 236 g/mol. The topological polar surface area (TPSA) is 74.6 Å². The van der Waals surface area contributed by atoms with Crippen LogP contribution in [0.5, 0.6) is 0 Å². The molecule has 0 aliphatic rings. The molecule has 0 amide bonds. The van der Waals surface area contributed by atoms with Crippen LogP contribution in [0.4, 0.5) is 8.78 Å². The third-order valence-electron chi connectivity index (χ3n) is 1.76. The van der Waals surface area contributed by atoms with E-state index in [2.05, 4.69) is 0 Å². The Morgan fingerprint density at radius 3 is 2.00 bits per heavy atom. The highest BCUT2D eigenvalue weighted by Gasteiger charge is 2.50. The number of benzene rings is 1. The zero-order chi connectivity index (χ0) is 11.7. The molecule has 1 aromatic carbocycles. The molecular formula is C8H7F2O4P. The molecule has 4 nitrogen and oxygen atoms in total. The summed E-state index contributed by atoms with van der Waals surface area (Å²) in [5, 5.41) is 0. The Morgan fingerprint density at radius 1 is 1.20 bits per heavy atom. The maximum Gasteiger partial charge on any atom is 0.399 e. The first-order valence-electron chi connectivity index (χ1n) is 3.78. The lowest BCUT2D eigenvalue weighted by atomic mass is 10.1. The first-order valence-corrected chi connectivity index (χ1v) is 5.39. The molecule has 0 bridgehead atoms. The fourth-order valence-corrected chi connectivity index (χ4v) is 1.42. The molecule has 7 heteroatoms. The van der Waals surface area contributed by atoms with E-state index in [-0.39, 0.29) is 5.56 Å². The van der Waals surface area contributed by atoms with Crippen molar-refractivity contribution in [2.24, 2.45) is 0 Å². The van der Waals surface area contributed by atoms with Crippen LogP contribution in [0.3, 0.4) is 0 Å². The molecule has 0 spiro atoms. The van der Waals surface area contributed by atoms with E-state index in [4.69, 9.17) is 9.79 Å². The Bertz CT molecular complexity index is 409. The predicted octanol–water partition coefficient (Wildman–Crippen LogP) is 1.73. The molecule has 0 aliphatic heterocycles. The van der Waals surface area contributed by atoms with E-state index < -0.39 is 18.8 Å². The molecule has 0 unspecified atom stereocenters. The standard InChI is InChI=1S/C8H7F2O4P/c9-8(10,15(12,13)14)7-3-1-6(5-11)2-4-7/h1-5H,(H2,12,13,14). The summed E-state index contributed by atoms with van der Waals surface area (Å²) < 4.78 is 36.6. The van der Waals surface area contributed by atoms with Gasteiger partial charge in [-0.15, -0.1) is 0 Å². The number of rotatable bonds is 3. The Labute approximate surface area is 83.7 Å². The molecule has 0 aliphatic carbocycles. The lowest BCUT2D eigenvalue weighted by molar-refractivity contribution is 0.0564. The number of carbonyl (C=O) groups excluding carboxylic acids is 1. The van der Waals surface area contributed by atoms with Crippen molar-refractivity contribution < 1.29 is 27.9 Å². The number of aldehydes is 1. The van der Waals surface area contributed by atoms with E-state index in [1.807, 2.05) is 0 Å². The maximum atomic E-state index is 13.0. The molecule has 82 valence electrons. The van der Waals surface area contributed by atoms with Crippen molar-refractivity contribution in [3.05, 3.63) is 35.4 Å². The van der Waals surface area contributed by atoms with Crippen LogP contribution in [0.25, 0.3) is 0 Å². The largest absolute Gasteiger partial charge is 0.399 e. The second-order valence-corrected chi connectivity index (χ2v) is 4.47. The summed E-state index contributed by atoms with van der Waals surface area (Å²) in [6, 6.07) is 3.74. The molecule has 2 N–H and O–H groups in total. The van der Waals surface area contributed by atoms with E-state index in [1.165, 1.54) is 0 Å². The first-order chi connectivity index (χ1) is 6.79. The van der Waals surface area contributed by atoms with Crippen LogP contribution < -0.4 is 0 Å². The highest BCUT2D eigenvalue weighted by Crippen LogP contribution is 2.59. The SMILES string of the molecule is O=Cc1ccc(C(F)(F)P(=O)(O)O)cc1. The van der Waals surface area contributed by atoms with Gasteiger partial charge >= 0.3 is 13.3 Å². The van der Waals surface area contributed by atoms with Gasteiger partial charge in [0.05, 0.1) is 0 Å². The summed E-state index contributed by atoms with van der Waals surface area (Å²) in [7, 11) is -5.54. The van der Waals surface area contributed by atoms with Crippen molar-refractivity contribution >= 4 is 13.9 Å². The van der Waals surface area contributed by atoms with Gasteiger partial charge in [-0.1, -0.05) is 24.3 Å². The Kier molecular flexibility index (Phi) is 3.04. The normalized spacial score (nSPS) is 12.5. The molecule has 1 rings (SSSR count). The molecule has 15 heavy (non-hydrogen) atoms. The minimum Gasteiger partial charge on any atom is -0.320 e.